The highest BCUT2D eigenvalue weighted by atomic mass is 35.5. The van der Waals surface area contributed by atoms with Crippen molar-refractivity contribution in [2.24, 2.45) is 0 Å². The Labute approximate surface area is 84.0 Å². The van der Waals surface area contributed by atoms with Crippen molar-refractivity contribution in [3.05, 3.63) is 0 Å². The van der Waals surface area contributed by atoms with Crippen molar-refractivity contribution in [3.63, 3.8) is 0 Å². The standard InChI is InChI=1S/C7H15N3O2.ClH/c1-2-9-10-7(11)6-5-12-4-3-8-6;/h6,8-9H,2-5H2,1H3,(H,10,11);1H. The van der Waals surface area contributed by atoms with E-state index < -0.39 is 0 Å². The number of hydrazine groups is 1. The number of carbonyl (C=O) groups excluding carboxylic acids is 1. The molecular formula is C7H16ClN3O2. The summed E-state index contributed by atoms with van der Waals surface area (Å²) in [5.74, 6) is -0.0587. The average molecular weight is 210 g/mol. The zero-order chi connectivity index (χ0) is 8.81. The maximum absolute atomic E-state index is 11.2. The predicted molar refractivity (Wildman–Crippen MR) is 51.7 cm³/mol. The fourth-order valence-corrected chi connectivity index (χ4v) is 0.996. The largest absolute Gasteiger partial charge is 0.378 e. The van der Waals surface area contributed by atoms with Crippen LogP contribution in [0.5, 0.6) is 0 Å². The highest BCUT2D eigenvalue weighted by Gasteiger charge is 2.20. The van der Waals surface area contributed by atoms with Gasteiger partial charge in [0.1, 0.15) is 6.04 Å². The fourth-order valence-electron chi connectivity index (χ4n) is 0.996. The predicted octanol–water partition coefficient (Wildman–Crippen LogP) is -0.963. The zero-order valence-electron chi connectivity index (χ0n) is 7.63. The third-order valence-electron chi connectivity index (χ3n) is 1.63. The van der Waals surface area contributed by atoms with E-state index in [1.807, 2.05) is 6.92 Å². The van der Waals surface area contributed by atoms with Crippen molar-refractivity contribution in [3.8, 4) is 0 Å². The van der Waals surface area contributed by atoms with Crippen LogP contribution in [-0.2, 0) is 9.53 Å². The van der Waals surface area contributed by atoms with Gasteiger partial charge in [0.2, 0.25) is 0 Å². The van der Waals surface area contributed by atoms with Crippen molar-refractivity contribution in [1.82, 2.24) is 16.2 Å². The molecule has 78 valence electrons. The van der Waals surface area contributed by atoms with Crippen molar-refractivity contribution in [1.29, 1.82) is 0 Å². The number of ether oxygens (including phenoxy) is 1. The fraction of sp³-hybridized carbons (Fsp3) is 0.857. The van der Waals surface area contributed by atoms with Gasteiger partial charge >= 0.3 is 0 Å². The van der Waals surface area contributed by atoms with Gasteiger partial charge in [-0.15, -0.1) is 12.4 Å². The lowest BCUT2D eigenvalue weighted by Gasteiger charge is -2.22. The summed E-state index contributed by atoms with van der Waals surface area (Å²) in [5.41, 5.74) is 5.32. The van der Waals surface area contributed by atoms with Gasteiger partial charge in [0.15, 0.2) is 0 Å². The second kappa shape index (κ2) is 7.08. The van der Waals surface area contributed by atoms with Crippen LogP contribution in [0, 0.1) is 0 Å². The quantitative estimate of drug-likeness (QED) is 0.524. The van der Waals surface area contributed by atoms with Gasteiger partial charge in [-0.1, -0.05) is 6.92 Å². The topological polar surface area (TPSA) is 62.4 Å². The summed E-state index contributed by atoms with van der Waals surface area (Å²) in [6.45, 7) is 4.52. The molecule has 1 heterocycles. The third-order valence-corrected chi connectivity index (χ3v) is 1.63. The molecule has 0 radical (unpaired) electrons. The Morgan fingerprint density at radius 2 is 2.46 bits per heavy atom. The van der Waals surface area contributed by atoms with E-state index in [2.05, 4.69) is 16.2 Å². The van der Waals surface area contributed by atoms with Crippen molar-refractivity contribution in [2.75, 3.05) is 26.3 Å². The Hall–Kier alpha value is -0.360. The molecule has 1 atom stereocenters. The lowest BCUT2D eigenvalue weighted by Crippen LogP contribution is -2.54. The molecule has 5 nitrogen and oxygen atoms in total. The Balaban J connectivity index is 0.00000144. The first-order valence-corrected chi connectivity index (χ1v) is 4.18. The summed E-state index contributed by atoms with van der Waals surface area (Å²) in [7, 11) is 0. The molecule has 0 aromatic rings. The van der Waals surface area contributed by atoms with Crippen LogP contribution in [0.3, 0.4) is 0 Å². The summed E-state index contributed by atoms with van der Waals surface area (Å²) in [6, 6.07) is -0.210. The van der Waals surface area contributed by atoms with E-state index >= 15 is 0 Å². The summed E-state index contributed by atoms with van der Waals surface area (Å²) in [6.07, 6.45) is 0. The van der Waals surface area contributed by atoms with Gasteiger partial charge in [-0.2, -0.15) is 0 Å². The molecule has 13 heavy (non-hydrogen) atoms. The molecule has 1 amide bonds. The first-order valence-electron chi connectivity index (χ1n) is 4.18. The van der Waals surface area contributed by atoms with Gasteiger partial charge in [-0.25, -0.2) is 5.43 Å². The minimum absolute atomic E-state index is 0. The average Bonchev–Trinajstić information content (AvgIpc) is 2.15. The molecule has 0 aromatic carbocycles. The summed E-state index contributed by atoms with van der Waals surface area (Å²) in [5, 5.41) is 3.05. The second-order valence-corrected chi connectivity index (χ2v) is 2.60. The SMILES string of the molecule is CCNNC(=O)C1COCCN1.Cl. The van der Waals surface area contributed by atoms with Gasteiger partial charge in [-0.3, -0.25) is 10.2 Å². The van der Waals surface area contributed by atoms with Crippen LogP contribution in [0.15, 0.2) is 0 Å². The molecule has 1 aliphatic rings. The Morgan fingerprint density at radius 3 is 3.00 bits per heavy atom. The van der Waals surface area contributed by atoms with Crippen LogP contribution in [0.2, 0.25) is 0 Å². The van der Waals surface area contributed by atoms with Crippen LogP contribution in [0.4, 0.5) is 0 Å². The molecule has 1 unspecified atom stereocenters. The molecule has 3 N–H and O–H groups in total. The van der Waals surface area contributed by atoms with Crippen LogP contribution >= 0.6 is 12.4 Å². The molecule has 0 spiro atoms. The molecular weight excluding hydrogens is 194 g/mol. The minimum Gasteiger partial charge on any atom is -0.378 e. The summed E-state index contributed by atoms with van der Waals surface area (Å²) < 4.78 is 5.13. The van der Waals surface area contributed by atoms with E-state index in [0.717, 1.165) is 13.1 Å². The van der Waals surface area contributed by atoms with Crippen LogP contribution in [0.25, 0.3) is 0 Å². The lowest BCUT2D eigenvalue weighted by molar-refractivity contribution is -0.126. The first-order chi connectivity index (χ1) is 5.84. The van der Waals surface area contributed by atoms with Crippen LogP contribution in [-0.4, -0.2) is 38.3 Å². The highest BCUT2D eigenvalue weighted by Crippen LogP contribution is 1.91. The number of nitrogens with one attached hydrogen (secondary N) is 3. The molecule has 0 aromatic heterocycles. The van der Waals surface area contributed by atoms with Gasteiger partial charge in [0, 0.05) is 13.1 Å². The van der Waals surface area contributed by atoms with Crippen molar-refractivity contribution < 1.29 is 9.53 Å². The monoisotopic (exact) mass is 209 g/mol. The normalized spacial score (nSPS) is 21.8. The van der Waals surface area contributed by atoms with Gasteiger partial charge < -0.3 is 10.1 Å². The third kappa shape index (κ3) is 4.42. The Bertz CT molecular complexity index is 151. The van der Waals surface area contributed by atoms with Crippen LogP contribution in [0.1, 0.15) is 6.92 Å². The lowest BCUT2D eigenvalue weighted by atomic mass is 10.3. The van der Waals surface area contributed by atoms with Crippen molar-refractivity contribution in [2.45, 2.75) is 13.0 Å². The number of hydrogen-bond acceptors (Lipinski definition) is 4. The number of carbonyl (C=O) groups is 1. The van der Waals surface area contributed by atoms with Gasteiger partial charge in [0.25, 0.3) is 5.91 Å². The Morgan fingerprint density at radius 1 is 1.69 bits per heavy atom. The second-order valence-electron chi connectivity index (χ2n) is 2.60. The van der Waals surface area contributed by atoms with E-state index in [9.17, 15) is 4.79 Å². The summed E-state index contributed by atoms with van der Waals surface area (Å²) in [4.78, 5) is 11.2. The van der Waals surface area contributed by atoms with E-state index in [1.165, 1.54) is 0 Å². The number of amides is 1. The zero-order valence-corrected chi connectivity index (χ0v) is 8.45. The molecule has 0 saturated carbocycles. The van der Waals surface area contributed by atoms with E-state index in [-0.39, 0.29) is 24.4 Å². The summed E-state index contributed by atoms with van der Waals surface area (Å²) >= 11 is 0. The Kier molecular flexibility index (Phi) is 6.89. The number of rotatable bonds is 3. The maximum atomic E-state index is 11.2. The van der Waals surface area contributed by atoms with Crippen molar-refractivity contribution >= 4 is 18.3 Å². The molecule has 0 bridgehead atoms. The highest BCUT2D eigenvalue weighted by molar-refractivity contribution is 5.85. The van der Waals surface area contributed by atoms with E-state index in [0.29, 0.717) is 13.2 Å². The van der Waals surface area contributed by atoms with E-state index in [4.69, 9.17) is 4.74 Å². The molecule has 6 heteroatoms. The molecule has 1 rings (SSSR count). The number of morpholine rings is 1. The number of hydrogen-bond donors (Lipinski definition) is 3. The first kappa shape index (κ1) is 12.6. The molecule has 1 aliphatic heterocycles. The van der Waals surface area contributed by atoms with E-state index in [1.54, 1.807) is 0 Å². The number of halogens is 1. The minimum atomic E-state index is -0.210. The molecule has 1 fully saturated rings. The van der Waals surface area contributed by atoms with Gasteiger partial charge in [-0.05, 0) is 0 Å². The maximum Gasteiger partial charge on any atom is 0.253 e. The smallest absolute Gasteiger partial charge is 0.253 e. The van der Waals surface area contributed by atoms with Crippen LogP contribution < -0.4 is 16.2 Å². The molecule has 1 saturated heterocycles. The molecule has 0 aliphatic carbocycles. The van der Waals surface area contributed by atoms with Gasteiger partial charge in [0.05, 0.1) is 13.2 Å².